The molecular weight excluding hydrogens is 339 g/mol. The lowest BCUT2D eigenvalue weighted by molar-refractivity contribution is 0.0838. The van der Waals surface area contributed by atoms with Crippen LogP contribution in [0.3, 0.4) is 0 Å². The summed E-state index contributed by atoms with van der Waals surface area (Å²) in [6.07, 6.45) is 3.61. The van der Waals surface area contributed by atoms with Crippen LogP contribution in [0.4, 0.5) is 0 Å². The van der Waals surface area contributed by atoms with Gasteiger partial charge >= 0.3 is 7.60 Å². The van der Waals surface area contributed by atoms with Gasteiger partial charge in [0, 0.05) is 0 Å². The van der Waals surface area contributed by atoms with Gasteiger partial charge in [-0.2, -0.15) is 0 Å². The van der Waals surface area contributed by atoms with Crippen LogP contribution in [-0.2, 0) is 13.6 Å². The van der Waals surface area contributed by atoms with Crippen molar-refractivity contribution in [2.45, 2.75) is 46.5 Å². The number of fused-ring (bicyclic) bond motifs is 1. The topological polar surface area (TPSA) is 61.8 Å². The molecule has 6 heteroatoms. The van der Waals surface area contributed by atoms with Crippen LogP contribution in [0.25, 0.3) is 0 Å². The van der Waals surface area contributed by atoms with Gasteiger partial charge in [0.05, 0.1) is 37.5 Å². The summed E-state index contributed by atoms with van der Waals surface area (Å²) in [5, 5.41) is 0. The van der Waals surface area contributed by atoms with Gasteiger partial charge in [-0.05, 0) is 31.9 Å². The van der Waals surface area contributed by atoms with E-state index in [0.29, 0.717) is 24.5 Å². The predicted molar refractivity (Wildman–Crippen MR) is 98.7 cm³/mol. The Labute approximate surface area is 150 Å². The second-order valence-electron chi connectivity index (χ2n) is 6.54. The Kier molecular flexibility index (Phi) is 7.67. The molecule has 140 valence electrons. The SMILES string of the molecule is CCCCOP(=O)(CC1COc2ccc(C)cc2C1=O)OCCCC. The minimum Gasteiger partial charge on any atom is -0.492 e. The highest BCUT2D eigenvalue weighted by Crippen LogP contribution is 2.51. The quantitative estimate of drug-likeness (QED) is 0.429. The molecule has 1 aromatic rings. The molecule has 0 bridgehead atoms. The molecule has 2 rings (SSSR count). The van der Waals surface area contributed by atoms with Crippen LogP contribution >= 0.6 is 7.60 Å². The van der Waals surface area contributed by atoms with Crippen molar-refractivity contribution in [1.29, 1.82) is 0 Å². The van der Waals surface area contributed by atoms with E-state index in [1.807, 2.05) is 39.0 Å². The molecule has 0 aromatic heterocycles. The first-order valence-electron chi connectivity index (χ1n) is 9.15. The van der Waals surface area contributed by atoms with Crippen LogP contribution in [0.15, 0.2) is 18.2 Å². The molecule has 1 atom stereocenters. The number of ketones is 1. The van der Waals surface area contributed by atoms with Crippen molar-refractivity contribution in [2.75, 3.05) is 26.0 Å². The summed E-state index contributed by atoms with van der Waals surface area (Å²) >= 11 is 0. The second kappa shape index (κ2) is 9.51. The lowest BCUT2D eigenvalue weighted by atomic mass is 9.95. The smallest absolute Gasteiger partial charge is 0.331 e. The van der Waals surface area contributed by atoms with Crippen molar-refractivity contribution in [1.82, 2.24) is 0 Å². The first-order valence-corrected chi connectivity index (χ1v) is 10.9. The molecule has 1 aliphatic rings. The van der Waals surface area contributed by atoms with Crippen molar-refractivity contribution in [3.8, 4) is 5.75 Å². The minimum atomic E-state index is -3.31. The van der Waals surface area contributed by atoms with Crippen molar-refractivity contribution in [2.24, 2.45) is 5.92 Å². The Morgan fingerprint density at radius 1 is 1.16 bits per heavy atom. The van der Waals surface area contributed by atoms with Crippen molar-refractivity contribution in [3.05, 3.63) is 29.3 Å². The summed E-state index contributed by atoms with van der Waals surface area (Å²) in [7, 11) is -3.31. The third-order valence-corrected chi connectivity index (χ3v) is 6.27. The Morgan fingerprint density at radius 2 is 1.80 bits per heavy atom. The van der Waals surface area contributed by atoms with E-state index in [0.717, 1.165) is 31.2 Å². The van der Waals surface area contributed by atoms with Gasteiger partial charge in [-0.15, -0.1) is 0 Å². The normalized spacial score (nSPS) is 17.2. The van der Waals surface area contributed by atoms with E-state index in [-0.39, 0.29) is 18.6 Å². The van der Waals surface area contributed by atoms with Gasteiger partial charge in [0.2, 0.25) is 0 Å². The number of hydrogen-bond donors (Lipinski definition) is 0. The Morgan fingerprint density at radius 3 is 2.40 bits per heavy atom. The number of Topliss-reactive ketones (excluding diaryl/α,β-unsaturated/α-hetero) is 1. The molecule has 1 unspecified atom stereocenters. The first-order chi connectivity index (χ1) is 12.0. The standard InChI is InChI=1S/C19H29O5P/c1-4-6-10-23-25(21,24-11-7-5-2)14-16-13-22-18-9-8-15(3)12-17(18)19(16)20/h8-9,12,16H,4-7,10-11,13-14H2,1-3H3. The highest BCUT2D eigenvalue weighted by atomic mass is 31.2. The number of aryl methyl sites for hydroxylation is 1. The van der Waals surface area contributed by atoms with Crippen LogP contribution < -0.4 is 4.74 Å². The summed E-state index contributed by atoms with van der Waals surface area (Å²) in [6, 6.07) is 5.55. The predicted octanol–water partition coefficient (Wildman–Crippen LogP) is 5.01. The van der Waals surface area contributed by atoms with Crippen LogP contribution in [0.1, 0.15) is 55.5 Å². The summed E-state index contributed by atoms with van der Waals surface area (Å²) in [5.74, 6) is 0.0622. The molecule has 25 heavy (non-hydrogen) atoms. The minimum absolute atomic E-state index is 0.0386. The number of hydrogen-bond acceptors (Lipinski definition) is 5. The molecule has 0 saturated heterocycles. The maximum atomic E-state index is 13.1. The largest absolute Gasteiger partial charge is 0.492 e. The highest BCUT2D eigenvalue weighted by Gasteiger charge is 2.37. The highest BCUT2D eigenvalue weighted by molar-refractivity contribution is 7.53. The van der Waals surface area contributed by atoms with E-state index in [2.05, 4.69) is 0 Å². The fourth-order valence-electron chi connectivity index (χ4n) is 2.69. The monoisotopic (exact) mass is 368 g/mol. The van der Waals surface area contributed by atoms with Gasteiger partial charge in [0.15, 0.2) is 5.78 Å². The van der Waals surface area contributed by atoms with E-state index in [9.17, 15) is 9.36 Å². The zero-order valence-corrected chi connectivity index (χ0v) is 16.3. The van der Waals surface area contributed by atoms with Crippen LogP contribution in [-0.4, -0.2) is 31.8 Å². The number of benzene rings is 1. The molecule has 0 spiro atoms. The van der Waals surface area contributed by atoms with Gasteiger partial charge in [0.1, 0.15) is 5.75 Å². The van der Waals surface area contributed by atoms with Gasteiger partial charge in [0.25, 0.3) is 0 Å². The molecule has 0 fully saturated rings. The maximum absolute atomic E-state index is 13.1. The molecule has 5 nitrogen and oxygen atoms in total. The molecule has 0 saturated carbocycles. The Hall–Kier alpha value is -1.16. The Bertz CT molecular complexity index is 614. The summed E-state index contributed by atoms with van der Waals surface area (Å²) in [5.41, 5.74) is 1.56. The molecule has 1 heterocycles. The summed E-state index contributed by atoms with van der Waals surface area (Å²) < 4.78 is 30.0. The average Bonchev–Trinajstić information content (AvgIpc) is 2.58. The first kappa shape index (κ1) is 20.2. The van der Waals surface area contributed by atoms with E-state index in [1.54, 1.807) is 0 Å². The Balaban J connectivity index is 2.09. The zero-order valence-electron chi connectivity index (χ0n) is 15.5. The maximum Gasteiger partial charge on any atom is 0.331 e. The van der Waals surface area contributed by atoms with Crippen LogP contribution in [0, 0.1) is 12.8 Å². The van der Waals surface area contributed by atoms with E-state index < -0.39 is 13.5 Å². The number of carbonyl (C=O) groups excluding carboxylic acids is 1. The van der Waals surface area contributed by atoms with Gasteiger partial charge in [-0.25, -0.2) is 0 Å². The van der Waals surface area contributed by atoms with E-state index in [4.69, 9.17) is 13.8 Å². The van der Waals surface area contributed by atoms with E-state index in [1.165, 1.54) is 0 Å². The van der Waals surface area contributed by atoms with Crippen molar-refractivity contribution >= 4 is 13.4 Å². The number of rotatable bonds is 10. The van der Waals surface area contributed by atoms with Crippen LogP contribution in [0.2, 0.25) is 0 Å². The summed E-state index contributed by atoms with van der Waals surface area (Å²) in [6.45, 7) is 7.01. The molecule has 0 aliphatic carbocycles. The second-order valence-corrected chi connectivity index (χ2v) is 8.64. The zero-order chi connectivity index (χ0) is 18.3. The molecular formula is C19H29O5P. The fourth-order valence-corrected chi connectivity index (χ4v) is 4.60. The van der Waals surface area contributed by atoms with E-state index >= 15 is 0 Å². The number of carbonyl (C=O) groups is 1. The molecule has 1 aromatic carbocycles. The van der Waals surface area contributed by atoms with Crippen LogP contribution in [0.5, 0.6) is 5.75 Å². The molecule has 0 radical (unpaired) electrons. The molecule has 1 aliphatic heterocycles. The lowest BCUT2D eigenvalue weighted by Gasteiger charge is -2.27. The number of unbranched alkanes of at least 4 members (excludes halogenated alkanes) is 2. The van der Waals surface area contributed by atoms with Gasteiger partial charge < -0.3 is 13.8 Å². The van der Waals surface area contributed by atoms with Crippen molar-refractivity contribution < 1.29 is 23.1 Å². The molecule has 0 amide bonds. The molecule has 0 N–H and O–H groups in total. The van der Waals surface area contributed by atoms with Gasteiger partial charge in [-0.3, -0.25) is 9.36 Å². The van der Waals surface area contributed by atoms with Crippen molar-refractivity contribution in [3.63, 3.8) is 0 Å². The third kappa shape index (κ3) is 5.67. The fraction of sp³-hybridized carbons (Fsp3) is 0.632. The number of ether oxygens (including phenoxy) is 1. The van der Waals surface area contributed by atoms with Gasteiger partial charge in [-0.1, -0.05) is 38.3 Å². The third-order valence-electron chi connectivity index (χ3n) is 4.23. The average molecular weight is 368 g/mol. The lowest BCUT2D eigenvalue weighted by Crippen LogP contribution is -2.31. The summed E-state index contributed by atoms with van der Waals surface area (Å²) in [4.78, 5) is 12.8.